The molecule has 0 N–H and O–H groups in total. The first-order valence-electron chi connectivity index (χ1n) is 6.33. The monoisotopic (exact) mass is 256 g/mol. The van der Waals surface area contributed by atoms with Gasteiger partial charge >= 0.3 is 5.63 Å². The fraction of sp³-hybridized carbons (Fsp3) is 0.312. The van der Waals surface area contributed by atoms with E-state index in [0.717, 1.165) is 27.7 Å². The van der Waals surface area contributed by atoms with Crippen molar-refractivity contribution in [2.24, 2.45) is 0 Å². The van der Waals surface area contributed by atoms with Crippen LogP contribution in [-0.4, -0.2) is 0 Å². The molecule has 0 amide bonds. The topological polar surface area (TPSA) is 43.4 Å². The molecule has 0 aliphatic heterocycles. The molecule has 0 aliphatic carbocycles. The molecular weight excluding hydrogens is 240 g/mol. The molecule has 98 valence electrons. The van der Waals surface area contributed by atoms with Gasteiger partial charge in [0.25, 0.3) is 0 Å². The molecule has 0 spiro atoms. The number of aryl methyl sites for hydroxylation is 1. The number of furan rings is 1. The van der Waals surface area contributed by atoms with Gasteiger partial charge in [-0.15, -0.1) is 0 Å². The minimum Gasteiger partial charge on any atom is -0.460 e. The third-order valence-electron chi connectivity index (χ3n) is 3.33. The van der Waals surface area contributed by atoms with Crippen molar-refractivity contribution in [1.29, 1.82) is 0 Å². The van der Waals surface area contributed by atoms with Crippen LogP contribution in [0, 0.1) is 6.92 Å². The molecule has 19 heavy (non-hydrogen) atoms. The van der Waals surface area contributed by atoms with Crippen LogP contribution in [0.5, 0.6) is 0 Å². The molecule has 3 heteroatoms. The van der Waals surface area contributed by atoms with E-state index in [1.165, 1.54) is 6.07 Å². The maximum absolute atomic E-state index is 11.4. The van der Waals surface area contributed by atoms with E-state index in [1.54, 1.807) is 6.07 Å². The normalized spacial score (nSPS) is 12.4. The summed E-state index contributed by atoms with van der Waals surface area (Å²) in [5, 5.41) is 1.99. The zero-order valence-corrected chi connectivity index (χ0v) is 11.5. The summed E-state index contributed by atoms with van der Waals surface area (Å²) in [6.07, 6.45) is 0. The maximum atomic E-state index is 11.4. The lowest BCUT2D eigenvalue weighted by molar-refractivity contribution is 0.430. The molecule has 3 nitrogen and oxygen atoms in total. The SMILES string of the molecule is Cc1cc(=O)oc2cc3oc(C(C)(C)C)cc3cc12. The van der Waals surface area contributed by atoms with Crippen LogP contribution in [-0.2, 0) is 5.41 Å². The van der Waals surface area contributed by atoms with E-state index in [0.29, 0.717) is 5.58 Å². The molecule has 1 aromatic carbocycles. The van der Waals surface area contributed by atoms with Gasteiger partial charge in [0.05, 0.1) is 0 Å². The average Bonchev–Trinajstić information content (AvgIpc) is 2.68. The number of rotatable bonds is 0. The summed E-state index contributed by atoms with van der Waals surface area (Å²) in [6, 6.07) is 7.38. The zero-order chi connectivity index (χ0) is 13.8. The van der Waals surface area contributed by atoms with E-state index in [-0.39, 0.29) is 11.0 Å². The predicted octanol–water partition coefficient (Wildman–Crippen LogP) is 4.15. The smallest absolute Gasteiger partial charge is 0.336 e. The van der Waals surface area contributed by atoms with E-state index >= 15 is 0 Å². The van der Waals surface area contributed by atoms with Crippen molar-refractivity contribution in [2.45, 2.75) is 33.1 Å². The van der Waals surface area contributed by atoms with Crippen molar-refractivity contribution < 1.29 is 8.83 Å². The highest BCUT2D eigenvalue weighted by atomic mass is 16.4. The van der Waals surface area contributed by atoms with Gasteiger partial charge in [-0.05, 0) is 24.6 Å². The highest BCUT2D eigenvalue weighted by Crippen LogP contribution is 2.32. The lowest BCUT2D eigenvalue weighted by atomic mass is 9.93. The standard InChI is InChI=1S/C16H16O3/c1-9-5-15(17)19-13-8-12-10(6-11(9)13)7-14(18-12)16(2,3)4/h5-8H,1-4H3. The largest absolute Gasteiger partial charge is 0.460 e. The molecule has 0 radical (unpaired) electrons. The third-order valence-corrected chi connectivity index (χ3v) is 3.33. The van der Waals surface area contributed by atoms with Crippen LogP contribution in [0.15, 0.2) is 37.9 Å². The predicted molar refractivity (Wildman–Crippen MR) is 75.7 cm³/mol. The molecule has 0 saturated heterocycles. The molecule has 2 aromatic heterocycles. The van der Waals surface area contributed by atoms with Gasteiger partial charge in [-0.3, -0.25) is 0 Å². The minimum atomic E-state index is -0.327. The summed E-state index contributed by atoms with van der Waals surface area (Å²) in [4.78, 5) is 11.4. The summed E-state index contributed by atoms with van der Waals surface area (Å²) < 4.78 is 11.1. The zero-order valence-electron chi connectivity index (χ0n) is 11.5. The summed E-state index contributed by atoms with van der Waals surface area (Å²) in [5.41, 5.74) is 1.89. The second-order valence-electron chi connectivity index (χ2n) is 6.00. The van der Waals surface area contributed by atoms with Gasteiger partial charge in [0.2, 0.25) is 0 Å². The summed E-state index contributed by atoms with van der Waals surface area (Å²) >= 11 is 0. The third kappa shape index (κ3) is 1.95. The lowest BCUT2D eigenvalue weighted by Gasteiger charge is -2.13. The first kappa shape index (κ1) is 12.0. The van der Waals surface area contributed by atoms with Gasteiger partial charge in [0, 0.05) is 28.3 Å². The van der Waals surface area contributed by atoms with Crippen LogP contribution in [0.3, 0.4) is 0 Å². The van der Waals surface area contributed by atoms with Crippen molar-refractivity contribution in [3.05, 3.63) is 46.0 Å². The Hall–Kier alpha value is -2.03. The second kappa shape index (κ2) is 3.73. The van der Waals surface area contributed by atoms with Crippen LogP contribution in [0.4, 0.5) is 0 Å². The molecule has 3 aromatic rings. The molecule has 0 saturated carbocycles. The summed E-state index contributed by atoms with van der Waals surface area (Å²) in [7, 11) is 0. The van der Waals surface area contributed by atoms with Gasteiger partial charge in [0.15, 0.2) is 0 Å². The number of benzene rings is 1. The second-order valence-corrected chi connectivity index (χ2v) is 6.00. The van der Waals surface area contributed by atoms with E-state index < -0.39 is 0 Å². The Balaban J connectivity index is 2.38. The Morgan fingerprint density at radius 3 is 2.37 bits per heavy atom. The van der Waals surface area contributed by atoms with Crippen LogP contribution >= 0.6 is 0 Å². The van der Waals surface area contributed by atoms with Crippen molar-refractivity contribution in [3.63, 3.8) is 0 Å². The first-order valence-corrected chi connectivity index (χ1v) is 6.33. The number of hydrogen-bond donors (Lipinski definition) is 0. The van der Waals surface area contributed by atoms with Gasteiger partial charge in [0.1, 0.15) is 16.9 Å². The Bertz CT molecular complexity index is 829. The van der Waals surface area contributed by atoms with E-state index in [9.17, 15) is 4.79 Å². The van der Waals surface area contributed by atoms with Crippen LogP contribution in [0.1, 0.15) is 32.1 Å². The van der Waals surface area contributed by atoms with Crippen molar-refractivity contribution in [3.8, 4) is 0 Å². The Morgan fingerprint density at radius 1 is 0.947 bits per heavy atom. The van der Waals surface area contributed by atoms with Crippen molar-refractivity contribution >= 4 is 21.9 Å². The Morgan fingerprint density at radius 2 is 1.68 bits per heavy atom. The molecule has 0 bridgehead atoms. The molecule has 0 fully saturated rings. The van der Waals surface area contributed by atoms with E-state index in [1.807, 2.05) is 13.0 Å². The van der Waals surface area contributed by atoms with Gasteiger partial charge in [-0.25, -0.2) is 4.79 Å². The van der Waals surface area contributed by atoms with Gasteiger partial charge in [-0.2, -0.15) is 0 Å². The van der Waals surface area contributed by atoms with E-state index in [2.05, 4.69) is 26.8 Å². The van der Waals surface area contributed by atoms with Crippen molar-refractivity contribution in [2.75, 3.05) is 0 Å². The lowest BCUT2D eigenvalue weighted by Crippen LogP contribution is -2.08. The van der Waals surface area contributed by atoms with Gasteiger partial charge < -0.3 is 8.83 Å². The number of hydrogen-bond acceptors (Lipinski definition) is 3. The van der Waals surface area contributed by atoms with Crippen molar-refractivity contribution in [1.82, 2.24) is 0 Å². The van der Waals surface area contributed by atoms with Crippen LogP contribution in [0.2, 0.25) is 0 Å². The quantitative estimate of drug-likeness (QED) is 0.567. The molecule has 3 rings (SSSR count). The minimum absolute atomic E-state index is 0.0406. The van der Waals surface area contributed by atoms with Crippen LogP contribution < -0.4 is 5.63 Å². The number of fused-ring (bicyclic) bond motifs is 2. The molecule has 0 atom stereocenters. The molecule has 0 unspecified atom stereocenters. The summed E-state index contributed by atoms with van der Waals surface area (Å²) in [5.74, 6) is 0.929. The first-order chi connectivity index (χ1) is 8.84. The molecule has 2 heterocycles. The highest BCUT2D eigenvalue weighted by molar-refractivity contribution is 5.94. The fourth-order valence-electron chi connectivity index (χ4n) is 2.22. The fourth-order valence-corrected chi connectivity index (χ4v) is 2.22. The highest BCUT2D eigenvalue weighted by Gasteiger charge is 2.19. The van der Waals surface area contributed by atoms with E-state index in [4.69, 9.17) is 8.83 Å². The van der Waals surface area contributed by atoms with Gasteiger partial charge in [-0.1, -0.05) is 20.8 Å². The average molecular weight is 256 g/mol. The maximum Gasteiger partial charge on any atom is 0.336 e. The molecular formula is C16H16O3. The van der Waals surface area contributed by atoms with Crippen LogP contribution in [0.25, 0.3) is 21.9 Å². The summed E-state index contributed by atoms with van der Waals surface area (Å²) in [6.45, 7) is 8.23. The Kier molecular flexibility index (Phi) is 2.36. The Labute approximate surface area is 110 Å². The molecule has 0 aliphatic rings.